The first-order valence-corrected chi connectivity index (χ1v) is 7.09. The molecule has 0 aliphatic carbocycles. The Morgan fingerprint density at radius 1 is 1.44 bits per heavy atom. The van der Waals surface area contributed by atoms with E-state index in [-0.39, 0.29) is 11.5 Å². The molecule has 1 rings (SSSR count). The van der Waals surface area contributed by atoms with Crippen LogP contribution in [0, 0.1) is 5.41 Å². The van der Waals surface area contributed by atoms with E-state index in [0.29, 0.717) is 6.42 Å². The van der Waals surface area contributed by atoms with E-state index in [4.69, 9.17) is 4.74 Å². The number of carbonyl (C=O) groups is 1. The van der Waals surface area contributed by atoms with Gasteiger partial charge in [-0.05, 0) is 20.3 Å². The minimum atomic E-state index is -3.27. The van der Waals surface area contributed by atoms with Gasteiger partial charge in [0.15, 0.2) is 9.84 Å². The van der Waals surface area contributed by atoms with Gasteiger partial charge in [0.05, 0.1) is 16.9 Å². The van der Waals surface area contributed by atoms with Crippen molar-refractivity contribution in [1.82, 2.24) is 0 Å². The topological polar surface area (TPSA) is 80.7 Å². The van der Waals surface area contributed by atoms with Gasteiger partial charge in [-0.1, -0.05) is 6.92 Å². The Morgan fingerprint density at radius 3 is 2.38 bits per heavy atom. The average Bonchev–Trinajstić information content (AvgIpc) is 2.39. The first-order chi connectivity index (χ1) is 7.18. The summed E-state index contributed by atoms with van der Waals surface area (Å²) in [6.45, 7) is 5.30. The predicted molar refractivity (Wildman–Crippen MR) is 58.6 cm³/mol. The summed E-state index contributed by atoms with van der Waals surface area (Å²) in [5.74, 6) is -1.06. The van der Waals surface area contributed by atoms with Crippen LogP contribution in [0.15, 0.2) is 0 Å². The molecule has 0 aromatic rings. The summed E-state index contributed by atoms with van der Waals surface area (Å²) in [6.07, 6.45) is -1.41. The molecule has 16 heavy (non-hydrogen) atoms. The van der Waals surface area contributed by atoms with Crippen LogP contribution in [0.2, 0.25) is 0 Å². The Labute approximate surface area is 95.7 Å². The molecule has 2 unspecified atom stereocenters. The molecule has 0 bridgehead atoms. The van der Waals surface area contributed by atoms with E-state index in [1.54, 1.807) is 13.8 Å². The highest BCUT2D eigenvalue weighted by atomic mass is 32.2. The fraction of sp³-hybridized carbons (Fsp3) is 0.900. The summed E-state index contributed by atoms with van der Waals surface area (Å²) in [5, 5.41) is 9.46. The van der Waals surface area contributed by atoms with Gasteiger partial charge in [0.2, 0.25) is 0 Å². The van der Waals surface area contributed by atoms with E-state index in [1.165, 1.54) is 0 Å². The molecule has 1 aliphatic rings. The van der Waals surface area contributed by atoms with Crippen LogP contribution in [-0.2, 0) is 19.4 Å². The SMILES string of the molecule is CCC(C)(C)C(=O)OC1CS(=O)(=O)CC1O. The van der Waals surface area contributed by atoms with Crippen LogP contribution in [-0.4, -0.2) is 43.2 Å². The van der Waals surface area contributed by atoms with Crippen LogP contribution in [0.25, 0.3) is 0 Å². The first kappa shape index (κ1) is 13.4. The molecule has 0 spiro atoms. The van der Waals surface area contributed by atoms with E-state index in [9.17, 15) is 18.3 Å². The van der Waals surface area contributed by atoms with Crippen LogP contribution in [0.4, 0.5) is 0 Å². The Morgan fingerprint density at radius 2 is 2.00 bits per heavy atom. The zero-order valence-electron chi connectivity index (χ0n) is 9.76. The van der Waals surface area contributed by atoms with Crippen molar-refractivity contribution >= 4 is 15.8 Å². The molecule has 94 valence electrons. The zero-order valence-corrected chi connectivity index (χ0v) is 10.6. The summed E-state index contributed by atoms with van der Waals surface area (Å²) < 4.78 is 27.4. The quantitative estimate of drug-likeness (QED) is 0.720. The number of aliphatic hydroxyl groups excluding tert-OH is 1. The second-order valence-corrected chi connectivity index (χ2v) is 6.98. The van der Waals surface area contributed by atoms with E-state index in [0.717, 1.165) is 0 Å². The lowest BCUT2D eigenvalue weighted by atomic mass is 9.90. The average molecular weight is 250 g/mol. The highest BCUT2D eigenvalue weighted by molar-refractivity contribution is 7.91. The number of sulfone groups is 1. The van der Waals surface area contributed by atoms with Crippen LogP contribution >= 0.6 is 0 Å². The van der Waals surface area contributed by atoms with Gasteiger partial charge in [0.25, 0.3) is 0 Å². The molecule has 1 N–H and O–H groups in total. The lowest BCUT2D eigenvalue weighted by Crippen LogP contribution is -2.35. The lowest BCUT2D eigenvalue weighted by Gasteiger charge is -2.23. The van der Waals surface area contributed by atoms with Crippen LogP contribution < -0.4 is 0 Å². The van der Waals surface area contributed by atoms with E-state index in [1.807, 2.05) is 6.92 Å². The number of aliphatic hydroxyl groups is 1. The minimum absolute atomic E-state index is 0.278. The Kier molecular flexibility index (Phi) is 3.64. The third-order valence-corrected chi connectivity index (χ3v) is 4.65. The van der Waals surface area contributed by atoms with Gasteiger partial charge in [-0.15, -0.1) is 0 Å². The van der Waals surface area contributed by atoms with Crippen molar-refractivity contribution in [1.29, 1.82) is 0 Å². The molecule has 0 saturated carbocycles. The molecule has 0 radical (unpaired) electrons. The van der Waals surface area contributed by atoms with Gasteiger partial charge in [-0.2, -0.15) is 0 Å². The molecule has 0 aromatic carbocycles. The van der Waals surface area contributed by atoms with Crippen molar-refractivity contribution in [2.75, 3.05) is 11.5 Å². The molecular formula is C10H18O5S. The maximum atomic E-state index is 11.7. The van der Waals surface area contributed by atoms with Crippen molar-refractivity contribution in [3.8, 4) is 0 Å². The monoisotopic (exact) mass is 250 g/mol. The fourth-order valence-corrected chi connectivity index (χ4v) is 3.01. The maximum absolute atomic E-state index is 11.7. The van der Waals surface area contributed by atoms with Crippen LogP contribution in [0.1, 0.15) is 27.2 Å². The van der Waals surface area contributed by atoms with Crippen molar-refractivity contribution in [3.05, 3.63) is 0 Å². The Hall–Kier alpha value is -0.620. The number of ether oxygens (including phenoxy) is 1. The number of hydrogen-bond donors (Lipinski definition) is 1. The molecule has 0 amide bonds. The Balaban J connectivity index is 2.67. The molecule has 2 atom stereocenters. The summed E-state index contributed by atoms with van der Waals surface area (Å²) in [7, 11) is -3.27. The van der Waals surface area contributed by atoms with Gasteiger partial charge >= 0.3 is 5.97 Å². The molecule has 1 saturated heterocycles. The van der Waals surface area contributed by atoms with Crippen molar-refractivity contribution in [2.24, 2.45) is 5.41 Å². The number of carbonyl (C=O) groups excluding carboxylic acids is 1. The lowest BCUT2D eigenvalue weighted by molar-refractivity contribution is -0.162. The van der Waals surface area contributed by atoms with Gasteiger partial charge in [-0.25, -0.2) is 8.42 Å². The predicted octanol–water partition coefficient (Wildman–Crippen LogP) is 0.124. The van der Waals surface area contributed by atoms with Gasteiger partial charge in [-0.3, -0.25) is 4.79 Å². The number of rotatable bonds is 3. The summed E-state index contributed by atoms with van der Waals surface area (Å²) in [6, 6.07) is 0. The third-order valence-electron chi connectivity index (χ3n) is 2.97. The minimum Gasteiger partial charge on any atom is -0.458 e. The van der Waals surface area contributed by atoms with Crippen molar-refractivity contribution < 1.29 is 23.1 Å². The Bertz CT molecular complexity index is 371. The van der Waals surface area contributed by atoms with Crippen molar-refractivity contribution in [3.63, 3.8) is 0 Å². The number of hydrogen-bond acceptors (Lipinski definition) is 5. The second-order valence-electron chi connectivity index (χ2n) is 4.83. The largest absolute Gasteiger partial charge is 0.458 e. The van der Waals surface area contributed by atoms with Gasteiger partial charge in [0, 0.05) is 0 Å². The normalized spacial score (nSPS) is 29.0. The molecule has 6 heteroatoms. The maximum Gasteiger partial charge on any atom is 0.311 e. The van der Waals surface area contributed by atoms with Gasteiger partial charge in [0.1, 0.15) is 12.2 Å². The van der Waals surface area contributed by atoms with E-state index >= 15 is 0 Å². The summed E-state index contributed by atoms with van der Waals surface area (Å²) >= 11 is 0. The molecule has 0 aromatic heterocycles. The molecule has 5 nitrogen and oxygen atoms in total. The highest BCUT2D eigenvalue weighted by Crippen LogP contribution is 2.25. The van der Waals surface area contributed by atoms with Crippen LogP contribution in [0.3, 0.4) is 0 Å². The molecule has 1 heterocycles. The second kappa shape index (κ2) is 4.33. The smallest absolute Gasteiger partial charge is 0.311 e. The standard InChI is InChI=1S/C10H18O5S/c1-4-10(2,3)9(12)15-8-6-16(13,14)5-7(8)11/h7-8,11H,4-6H2,1-3H3. The van der Waals surface area contributed by atoms with Crippen LogP contribution in [0.5, 0.6) is 0 Å². The third kappa shape index (κ3) is 2.95. The highest BCUT2D eigenvalue weighted by Gasteiger charge is 2.41. The molecule has 1 fully saturated rings. The van der Waals surface area contributed by atoms with E-state index < -0.39 is 33.4 Å². The molecular weight excluding hydrogens is 232 g/mol. The number of esters is 1. The first-order valence-electron chi connectivity index (χ1n) is 5.27. The van der Waals surface area contributed by atoms with Gasteiger partial charge < -0.3 is 9.84 Å². The summed E-state index contributed by atoms with van der Waals surface area (Å²) in [4.78, 5) is 11.7. The van der Waals surface area contributed by atoms with Crippen molar-refractivity contribution in [2.45, 2.75) is 39.4 Å². The van der Waals surface area contributed by atoms with E-state index in [2.05, 4.69) is 0 Å². The molecule has 1 aliphatic heterocycles. The fourth-order valence-electron chi connectivity index (χ4n) is 1.35. The zero-order chi connectivity index (χ0) is 12.6. The summed E-state index contributed by atoms with van der Waals surface area (Å²) in [5.41, 5.74) is -0.647.